The van der Waals surface area contributed by atoms with E-state index in [1.165, 1.54) is 18.6 Å². The zero-order valence-corrected chi connectivity index (χ0v) is 34.2. The number of imidazole rings is 1. The van der Waals surface area contributed by atoms with Gasteiger partial charge in [0, 0.05) is 42.7 Å². The number of ether oxygens (including phenoxy) is 1. The summed E-state index contributed by atoms with van der Waals surface area (Å²) in [4.78, 5) is 76.9. The Morgan fingerprint density at radius 1 is 0.933 bits per heavy atom. The van der Waals surface area contributed by atoms with Crippen LogP contribution in [-0.4, -0.2) is 77.5 Å². The van der Waals surface area contributed by atoms with Crippen LogP contribution in [0.25, 0.3) is 0 Å². The molecule has 5 N–H and O–H groups in total. The molecule has 1 saturated carbocycles. The van der Waals surface area contributed by atoms with Crippen molar-refractivity contribution in [2.75, 3.05) is 5.32 Å². The minimum absolute atomic E-state index is 0.0246. The number of amides is 2. The number of aliphatic hydroxyl groups is 1. The van der Waals surface area contributed by atoms with Crippen LogP contribution in [0.5, 0.6) is 0 Å². The van der Waals surface area contributed by atoms with E-state index in [0.29, 0.717) is 36.9 Å². The second kappa shape index (κ2) is 21.2. The quantitative estimate of drug-likeness (QED) is 0.0351. The Bertz CT molecular complexity index is 2050. The lowest BCUT2D eigenvalue weighted by Gasteiger charge is -2.31. The molecule has 2 amide bonds. The Labute approximate surface area is 348 Å². The number of nitro benzene ring substituents is 2. The molecule has 2 heterocycles. The van der Waals surface area contributed by atoms with Crippen LogP contribution in [-0.2, 0) is 28.8 Å². The first-order chi connectivity index (χ1) is 28.7. The molecule has 0 radical (unpaired) electrons. The molecule has 0 aliphatic heterocycles. The SMILES string of the molecule is CC(C)(C)OC(=O)N[C@@H](Cc1ccccc1)C(=O)N[C@@H](Cc1cnc[nH]1)C(=O)c1c([N+](=O)[O-])ccc(N[C@@H](CC2CCCCC2)[C@@H](O)CCCc2ccccn2)c1[N+](=O)[O-]. The number of H-pyrrole nitrogens is 1. The number of aromatic nitrogens is 3. The molecule has 2 aromatic carbocycles. The van der Waals surface area contributed by atoms with Gasteiger partial charge in [-0.05, 0) is 76.1 Å². The number of anilines is 1. The van der Waals surface area contributed by atoms with Crippen molar-refractivity contribution < 1.29 is 34.1 Å². The second-order valence-electron chi connectivity index (χ2n) is 16.2. The van der Waals surface area contributed by atoms with Gasteiger partial charge in [0.05, 0.1) is 34.4 Å². The summed E-state index contributed by atoms with van der Waals surface area (Å²) in [5, 5.41) is 45.6. The Morgan fingerprint density at radius 3 is 2.30 bits per heavy atom. The van der Waals surface area contributed by atoms with Gasteiger partial charge in [0.2, 0.25) is 5.91 Å². The molecule has 1 aliphatic carbocycles. The predicted octanol–water partition coefficient (Wildman–Crippen LogP) is 6.80. The molecule has 2 aromatic heterocycles. The zero-order chi connectivity index (χ0) is 43.2. The molecule has 0 bridgehead atoms. The van der Waals surface area contributed by atoms with Gasteiger partial charge in [0.15, 0.2) is 11.3 Å². The van der Waals surface area contributed by atoms with E-state index < -0.39 is 74.4 Å². The van der Waals surface area contributed by atoms with Gasteiger partial charge in [-0.15, -0.1) is 0 Å². The summed E-state index contributed by atoms with van der Waals surface area (Å²) in [6.07, 6.45) is 9.23. The average molecular weight is 827 g/mol. The van der Waals surface area contributed by atoms with Crippen molar-refractivity contribution in [3.63, 3.8) is 0 Å². The van der Waals surface area contributed by atoms with Gasteiger partial charge >= 0.3 is 11.8 Å². The topological polar surface area (TPSA) is 245 Å². The third-order valence-electron chi connectivity index (χ3n) is 10.5. The number of nitro groups is 2. The number of Topliss-reactive ketones (excluding diaryl/α,β-unsaturated/α-hetero) is 1. The number of alkyl carbamates (subject to hydrolysis) is 1. The van der Waals surface area contributed by atoms with Gasteiger partial charge in [-0.2, -0.15) is 0 Å². The number of hydrogen-bond donors (Lipinski definition) is 5. The molecule has 1 aliphatic rings. The van der Waals surface area contributed by atoms with Crippen molar-refractivity contribution in [1.82, 2.24) is 25.6 Å². The fourth-order valence-corrected chi connectivity index (χ4v) is 7.60. The summed E-state index contributed by atoms with van der Waals surface area (Å²) in [6.45, 7) is 4.97. The van der Waals surface area contributed by atoms with Gasteiger partial charge in [0.1, 0.15) is 17.3 Å². The second-order valence-corrected chi connectivity index (χ2v) is 16.2. The van der Waals surface area contributed by atoms with E-state index in [4.69, 9.17) is 4.74 Å². The number of ketones is 1. The molecule has 4 atom stereocenters. The van der Waals surface area contributed by atoms with Crippen LogP contribution >= 0.6 is 0 Å². The molecule has 0 unspecified atom stereocenters. The van der Waals surface area contributed by atoms with Crippen LogP contribution in [0.15, 0.2) is 79.4 Å². The number of carbonyl (C=O) groups is 3. The number of rotatable bonds is 20. The molecule has 60 heavy (non-hydrogen) atoms. The monoisotopic (exact) mass is 826 g/mol. The van der Waals surface area contributed by atoms with Crippen molar-refractivity contribution in [3.05, 3.63) is 122 Å². The first kappa shape index (κ1) is 44.9. The maximum absolute atomic E-state index is 14.8. The summed E-state index contributed by atoms with van der Waals surface area (Å²) in [6, 6.07) is 13.0. The van der Waals surface area contributed by atoms with E-state index in [2.05, 4.69) is 30.9 Å². The maximum Gasteiger partial charge on any atom is 0.408 e. The fourth-order valence-electron chi connectivity index (χ4n) is 7.60. The average Bonchev–Trinajstić information content (AvgIpc) is 3.73. The molecule has 17 heteroatoms. The van der Waals surface area contributed by atoms with Crippen molar-refractivity contribution in [2.24, 2.45) is 5.92 Å². The summed E-state index contributed by atoms with van der Waals surface area (Å²) < 4.78 is 5.41. The largest absolute Gasteiger partial charge is 0.444 e. The van der Waals surface area contributed by atoms with Crippen molar-refractivity contribution in [2.45, 2.75) is 121 Å². The number of aryl methyl sites for hydroxylation is 1. The zero-order valence-electron chi connectivity index (χ0n) is 34.2. The Hall–Kier alpha value is -6.23. The van der Waals surface area contributed by atoms with E-state index in [1.807, 2.05) is 18.2 Å². The standard InChI is InChI=1S/C43H54N8O9/c1-43(2,3)60-42(55)49-35(24-29-15-8-5-9-16-29)41(54)48-34(25-31-26-44-27-46-31)40(53)38-36(50(56)57)21-20-32(39(38)51(58)59)47-33(23-28-13-6-4-7-14-28)37(52)19-12-18-30-17-10-11-22-45-30/h5,8-11,15-17,20-22,26-28,33-35,37,47,52H,4,6-7,12-14,18-19,23-25H2,1-3H3,(H,44,46)(H,48,54)(H,49,55)/t33-,34-,35-,37-/m0/s1. The summed E-state index contributed by atoms with van der Waals surface area (Å²) in [7, 11) is 0. The maximum atomic E-state index is 14.8. The smallest absolute Gasteiger partial charge is 0.408 e. The van der Waals surface area contributed by atoms with Crippen molar-refractivity contribution >= 4 is 34.8 Å². The lowest BCUT2D eigenvalue weighted by Crippen LogP contribution is -2.53. The van der Waals surface area contributed by atoms with Crippen LogP contribution in [0.4, 0.5) is 21.9 Å². The highest BCUT2D eigenvalue weighted by Gasteiger charge is 2.40. The third-order valence-corrected chi connectivity index (χ3v) is 10.5. The first-order valence-corrected chi connectivity index (χ1v) is 20.3. The molecule has 1 fully saturated rings. The Kier molecular flexibility index (Phi) is 15.8. The summed E-state index contributed by atoms with van der Waals surface area (Å²) >= 11 is 0. The van der Waals surface area contributed by atoms with E-state index >= 15 is 0 Å². The molecule has 17 nitrogen and oxygen atoms in total. The molecule has 320 valence electrons. The van der Waals surface area contributed by atoms with Crippen LogP contribution in [0.3, 0.4) is 0 Å². The highest BCUT2D eigenvalue weighted by molar-refractivity contribution is 6.10. The normalized spacial score (nSPS) is 15.2. The van der Waals surface area contributed by atoms with E-state index in [0.717, 1.165) is 43.9 Å². The number of aliphatic hydroxyl groups excluding tert-OH is 1. The molecular weight excluding hydrogens is 773 g/mol. The first-order valence-electron chi connectivity index (χ1n) is 20.3. The highest BCUT2D eigenvalue weighted by atomic mass is 16.6. The third kappa shape index (κ3) is 13.1. The minimum Gasteiger partial charge on any atom is -0.444 e. The number of nitrogens with zero attached hydrogens (tertiary/aromatic N) is 4. The minimum atomic E-state index is -1.61. The highest BCUT2D eigenvalue weighted by Crippen LogP contribution is 2.39. The number of nitrogens with one attached hydrogen (secondary N) is 4. The van der Waals surface area contributed by atoms with E-state index in [1.54, 1.807) is 57.3 Å². The molecule has 5 rings (SSSR count). The number of aromatic amines is 1. The van der Waals surface area contributed by atoms with E-state index in [-0.39, 0.29) is 24.4 Å². The Morgan fingerprint density at radius 2 is 1.67 bits per heavy atom. The van der Waals surface area contributed by atoms with Gasteiger partial charge in [-0.1, -0.05) is 68.5 Å². The summed E-state index contributed by atoms with van der Waals surface area (Å²) in [5.41, 5.74) is -1.75. The number of benzene rings is 2. The number of pyridine rings is 1. The van der Waals surface area contributed by atoms with Crippen molar-refractivity contribution in [3.8, 4) is 0 Å². The van der Waals surface area contributed by atoms with Gasteiger partial charge in [-0.3, -0.25) is 34.8 Å². The van der Waals surface area contributed by atoms with Gasteiger partial charge in [-0.25, -0.2) is 9.78 Å². The van der Waals surface area contributed by atoms with E-state index in [9.17, 15) is 39.7 Å². The van der Waals surface area contributed by atoms with Gasteiger partial charge < -0.3 is 30.8 Å². The molecule has 4 aromatic rings. The van der Waals surface area contributed by atoms with Crippen LogP contribution in [0.2, 0.25) is 0 Å². The number of hydrogen-bond acceptors (Lipinski definition) is 12. The Balaban J connectivity index is 1.50. The van der Waals surface area contributed by atoms with Crippen molar-refractivity contribution in [1.29, 1.82) is 0 Å². The van der Waals surface area contributed by atoms with Crippen LogP contribution < -0.4 is 16.0 Å². The van der Waals surface area contributed by atoms with Crippen LogP contribution in [0, 0.1) is 26.1 Å². The summed E-state index contributed by atoms with van der Waals surface area (Å²) in [5.74, 6) is -1.73. The lowest BCUT2D eigenvalue weighted by molar-refractivity contribution is -0.394. The van der Waals surface area contributed by atoms with Gasteiger partial charge in [0.25, 0.3) is 5.69 Å². The van der Waals surface area contributed by atoms with Crippen LogP contribution in [0.1, 0.15) is 99.4 Å². The molecule has 0 saturated heterocycles. The predicted molar refractivity (Wildman–Crippen MR) is 223 cm³/mol. The fraction of sp³-hybridized carbons (Fsp3) is 0.465. The lowest BCUT2D eigenvalue weighted by atomic mass is 9.83. The molecule has 0 spiro atoms. The molecular formula is C43H54N8O9. The number of carbonyl (C=O) groups excluding carboxylic acids is 3.